The van der Waals surface area contributed by atoms with E-state index in [0.29, 0.717) is 28.5 Å². The molecule has 0 spiro atoms. The molecule has 0 saturated heterocycles. The lowest BCUT2D eigenvalue weighted by atomic mass is 9.80. The summed E-state index contributed by atoms with van der Waals surface area (Å²) in [5.74, 6) is -1.28. The highest BCUT2D eigenvalue weighted by molar-refractivity contribution is 6.35. The molecule has 0 heterocycles. The van der Waals surface area contributed by atoms with Crippen molar-refractivity contribution >= 4 is 35.1 Å². The third kappa shape index (κ3) is 3.61. The molecule has 1 aliphatic rings. The maximum Gasteiger partial charge on any atom is 0.306 e. The molecule has 1 saturated carbocycles. The first-order valence-electron chi connectivity index (χ1n) is 5.92. The van der Waals surface area contributed by atoms with Gasteiger partial charge in [-0.15, -0.1) is 0 Å². The predicted octanol–water partition coefficient (Wildman–Crippen LogP) is 2.52. The van der Waals surface area contributed by atoms with Gasteiger partial charge in [-0.05, 0) is 30.5 Å². The second-order valence-corrected chi connectivity index (χ2v) is 5.53. The standard InChI is InChI=1S/C13H13Cl2NO3/c14-9-2-1-7(11(15)6-9)5-12(17)16-10-3-8(4-10)13(18)19/h1-2,6,8,10H,3-5H2,(H,16,17)(H,18,19). The number of hydrogen-bond acceptors (Lipinski definition) is 2. The maximum absolute atomic E-state index is 11.8. The van der Waals surface area contributed by atoms with Crippen molar-refractivity contribution in [1.82, 2.24) is 5.32 Å². The molecule has 0 aliphatic heterocycles. The monoisotopic (exact) mass is 301 g/mol. The molecule has 0 aromatic heterocycles. The first-order chi connectivity index (χ1) is 8.95. The number of rotatable bonds is 4. The Labute approximate surface area is 120 Å². The Kier molecular flexibility index (Phi) is 4.32. The van der Waals surface area contributed by atoms with Gasteiger partial charge in [-0.1, -0.05) is 29.3 Å². The number of carboxylic acid groups (broad SMARTS) is 1. The third-order valence-electron chi connectivity index (χ3n) is 3.22. The van der Waals surface area contributed by atoms with Crippen LogP contribution in [-0.4, -0.2) is 23.0 Å². The normalized spacial score (nSPS) is 21.6. The summed E-state index contributed by atoms with van der Waals surface area (Å²) < 4.78 is 0. The summed E-state index contributed by atoms with van der Waals surface area (Å²) in [5.41, 5.74) is 0.706. The van der Waals surface area contributed by atoms with E-state index in [1.807, 2.05) is 0 Å². The number of nitrogens with one attached hydrogen (secondary N) is 1. The van der Waals surface area contributed by atoms with Gasteiger partial charge in [0.05, 0.1) is 12.3 Å². The minimum absolute atomic E-state index is 0.0420. The summed E-state index contributed by atoms with van der Waals surface area (Å²) in [5, 5.41) is 12.5. The number of halogens is 2. The van der Waals surface area contributed by atoms with Crippen molar-refractivity contribution in [3.63, 3.8) is 0 Å². The molecule has 102 valence electrons. The number of aliphatic carboxylic acids is 1. The van der Waals surface area contributed by atoms with Gasteiger partial charge in [0.2, 0.25) is 5.91 Å². The predicted molar refractivity (Wildman–Crippen MR) is 72.5 cm³/mol. The van der Waals surface area contributed by atoms with Gasteiger partial charge in [0.15, 0.2) is 0 Å². The van der Waals surface area contributed by atoms with Gasteiger partial charge in [-0.25, -0.2) is 0 Å². The molecule has 1 aromatic rings. The van der Waals surface area contributed by atoms with Crippen LogP contribution in [0.4, 0.5) is 0 Å². The molecule has 1 aliphatic carbocycles. The Morgan fingerprint density at radius 2 is 2.00 bits per heavy atom. The highest BCUT2D eigenvalue weighted by atomic mass is 35.5. The lowest BCUT2D eigenvalue weighted by Crippen LogP contribution is -2.47. The van der Waals surface area contributed by atoms with Crippen molar-refractivity contribution in [3.05, 3.63) is 33.8 Å². The van der Waals surface area contributed by atoms with Crippen LogP contribution in [0.25, 0.3) is 0 Å². The van der Waals surface area contributed by atoms with Gasteiger partial charge >= 0.3 is 5.97 Å². The molecule has 19 heavy (non-hydrogen) atoms. The maximum atomic E-state index is 11.8. The number of hydrogen-bond donors (Lipinski definition) is 2. The van der Waals surface area contributed by atoms with Gasteiger partial charge in [-0.3, -0.25) is 9.59 Å². The van der Waals surface area contributed by atoms with Crippen LogP contribution < -0.4 is 5.32 Å². The van der Waals surface area contributed by atoms with Crippen molar-refractivity contribution in [2.24, 2.45) is 5.92 Å². The summed E-state index contributed by atoms with van der Waals surface area (Å²) in [6.45, 7) is 0. The van der Waals surface area contributed by atoms with E-state index in [4.69, 9.17) is 28.3 Å². The molecule has 2 rings (SSSR count). The Morgan fingerprint density at radius 3 is 2.58 bits per heavy atom. The van der Waals surface area contributed by atoms with Crippen LogP contribution >= 0.6 is 23.2 Å². The van der Waals surface area contributed by atoms with E-state index in [1.54, 1.807) is 18.2 Å². The summed E-state index contributed by atoms with van der Waals surface area (Å²) in [7, 11) is 0. The Hall–Kier alpha value is -1.26. The third-order valence-corrected chi connectivity index (χ3v) is 3.81. The van der Waals surface area contributed by atoms with E-state index in [-0.39, 0.29) is 24.3 Å². The van der Waals surface area contributed by atoms with Crippen LogP contribution in [0.1, 0.15) is 18.4 Å². The van der Waals surface area contributed by atoms with Crippen molar-refractivity contribution in [2.75, 3.05) is 0 Å². The topological polar surface area (TPSA) is 66.4 Å². The van der Waals surface area contributed by atoms with Crippen LogP contribution in [0.3, 0.4) is 0 Å². The first-order valence-corrected chi connectivity index (χ1v) is 6.67. The van der Waals surface area contributed by atoms with Gasteiger partial charge in [-0.2, -0.15) is 0 Å². The van der Waals surface area contributed by atoms with E-state index in [9.17, 15) is 9.59 Å². The van der Waals surface area contributed by atoms with E-state index >= 15 is 0 Å². The highest BCUT2D eigenvalue weighted by Crippen LogP contribution is 2.27. The average Bonchev–Trinajstić information content (AvgIpc) is 2.26. The first kappa shape index (κ1) is 14.2. The molecule has 1 amide bonds. The average molecular weight is 302 g/mol. The summed E-state index contributed by atoms with van der Waals surface area (Å²) >= 11 is 11.8. The second kappa shape index (κ2) is 5.80. The van der Waals surface area contributed by atoms with E-state index in [0.717, 1.165) is 0 Å². The Bertz CT molecular complexity index is 513. The molecule has 0 unspecified atom stereocenters. The van der Waals surface area contributed by atoms with Gasteiger partial charge in [0.25, 0.3) is 0 Å². The summed E-state index contributed by atoms with van der Waals surface area (Å²) in [4.78, 5) is 22.4. The van der Waals surface area contributed by atoms with Gasteiger partial charge in [0.1, 0.15) is 0 Å². The fourth-order valence-corrected chi connectivity index (χ4v) is 2.53. The Morgan fingerprint density at radius 1 is 1.32 bits per heavy atom. The van der Waals surface area contributed by atoms with Crippen LogP contribution in [0.15, 0.2) is 18.2 Å². The van der Waals surface area contributed by atoms with Crippen molar-refractivity contribution in [3.8, 4) is 0 Å². The minimum Gasteiger partial charge on any atom is -0.481 e. The lowest BCUT2D eigenvalue weighted by molar-refractivity contribution is -0.146. The van der Waals surface area contributed by atoms with Crippen LogP contribution in [0, 0.1) is 5.92 Å². The minimum atomic E-state index is -0.800. The molecule has 0 radical (unpaired) electrons. The van der Waals surface area contributed by atoms with Crippen LogP contribution in [0.2, 0.25) is 10.0 Å². The lowest BCUT2D eigenvalue weighted by Gasteiger charge is -2.32. The zero-order chi connectivity index (χ0) is 14.0. The van der Waals surface area contributed by atoms with Gasteiger partial charge < -0.3 is 10.4 Å². The number of carboxylic acids is 1. The zero-order valence-electron chi connectivity index (χ0n) is 10.0. The highest BCUT2D eigenvalue weighted by Gasteiger charge is 2.35. The molecule has 1 aromatic carbocycles. The SMILES string of the molecule is O=C(Cc1ccc(Cl)cc1Cl)NC1CC(C(=O)O)C1. The molecule has 6 heteroatoms. The number of amides is 1. The van der Waals surface area contributed by atoms with Crippen LogP contribution in [-0.2, 0) is 16.0 Å². The van der Waals surface area contributed by atoms with Crippen molar-refractivity contribution in [1.29, 1.82) is 0 Å². The van der Waals surface area contributed by atoms with Gasteiger partial charge in [0, 0.05) is 16.1 Å². The van der Waals surface area contributed by atoms with Crippen LogP contribution in [0.5, 0.6) is 0 Å². The molecule has 1 fully saturated rings. The van der Waals surface area contributed by atoms with E-state index in [2.05, 4.69) is 5.32 Å². The largest absolute Gasteiger partial charge is 0.481 e. The number of benzene rings is 1. The summed E-state index contributed by atoms with van der Waals surface area (Å²) in [6.07, 6.45) is 1.16. The molecular weight excluding hydrogens is 289 g/mol. The quantitative estimate of drug-likeness (QED) is 0.898. The molecule has 4 nitrogen and oxygen atoms in total. The number of carbonyl (C=O) groups excluding carboxylic acids is 1. The second-order valence-electron chi connectivity index (χ2n) is 4.68. The fourth-order valence-electron chi connectivity index (χ4n) is 2.05. The molecular formula is C13H13Cl2NO3. The smallest absolute Gasteiger partial charge is 0.306 e. The zero-order valence-corrected chi connectivity index (χ0v) is 11.5. The van der Waals surface area contributed by atoms with E-state index in [1.165, 1.54) is 0 Å². The molecule has 2 N–H and O–H groups in total. The summed E-state index contributed by atoms with van der Waals surface area (Å²) in [6, 6.07) is 4.94. The van der Waals surface area contributed by atoms with Crippen molar-refractivity contribution in [2.45, 2.75) is 25.3 Å². The van der Waals surface area contributed by atoms with E-state index < -0.39 is 5.97 Å². The fraction of sp³-hybridized carbons (Fsp3) is 0.385. The number of carbonyl (C=O) groups is 2. The molecule has 0 bridgehead atoms. The molecule has 0 atom stereocenters. The van der Waals surface area contributed by atoms with Crippen molar-refractivity contribution < 1.29 is 14.7 Å². The Balaban J connectivity index is 1.84.